The summed E-state index contributed by atoms with van der Waals surface area (Å²) in [5.74, 6) is 0. The van der Waals surface area contributed by atoms with E-state index < -0.39 is 0 Å². The summed E-state index contributed by atoms with van der Waals surface area (Å²) in [5, 5.41) is 3.44. The van der Waals surface area contributed by atoms with Crippen molar-refractivity contribution in [3.8, 4) is 0 Å². The minimum absolute atomic E-state index is 0.0558. The van der Waals surface area contributed by atoms with Gasteiger partial charge in [0.25, 0.3) is 0 Å². The Morgan fingerprint density at radius 1 is 1.47 bits per heavy atom. The predicted molar refractivity (Wildman–Crippen MR) is 75.6 cm³/mol. The largest absolute Gasteiger partial charge is 0.382 e. The smallest absolute Gasteiger partial charge is 0.0755 e. The molecule has 0 radical (unpaired) electrons. The van der Waals surface area contributed by atoms with Crippen LogP contribution in [0.1, 0.15) is 32.3 Å². The summed E-state index contributed by atoms with van der Waals surface area (Å²) in [5.41, 5.74) is 2.46. The van der Waals surface area contributed by atoms with Gasteiger partial charge in [-0.25, -0.2) is 0 Å². The third-order valence-electron chi connectivity index (χ3n) is 3.26. The summed E-state index contributed by atoms with van der Waals surface area (Å²) in [6, 6.07) is 6.35. The number of hydrogen-bond acceptors (Lipinski definition) is 2. The molecule has 1 aliphatic rings. The molecule has 1 aliphatic heterocycles. The minimum atomic E-state index is 0.0558. The van der Waals surface area contributed by atoms with E-state index in [2.05, 4.69) is 60.2 Å². The highest BCUT2D eigenvalue weighted by Gasteiger charge is 2.31. The molecule has 0 saturated carbocycles. The molecule has 94 valence electrons. The van der Waals surface area contributed by atoms with Crippen molar-refractivity contribution in [3.05, 3.63) is 28.2 Å². The summed E-state index contributed by atoms with van der Waals surface area (Å²) in [7, 11) is 0. The van der Waals surface area contributed by atoms with Gasteiger partial charge in [0.2, 0.25) is 0 Å². The second-order valence-corrected chi connectivity index (χ2v) is 6.24. The van der Waals surface area contributed by atoms with Crippen LogP contribution in [0.15, 0.2) is 22.7 Å². The van der Waals surface area contributed by atoms with Crippen LogP contribution >= 0.6 is 15.9 Å². The number of aryl methyl sites for hydroxylation is 1. The second kappa shape index (κ2) is 4.99. The molecule has 1 saturated heterocycles. The van der Waals surface area contributed by atoms with E-state index in [1.165, 1.54) is 5.56 Å². The van der Waals surface area contributed by atoms with Crippen LogP contribution in [0.25, 0.3) is 0 Å². The molecule has 1 heterocycles. The van der Waals surface area contributed by atoms with Gasteiger partial charge in [0.05, 0.1) is 11.7 Å². The molecule has 0 amide bonds. The van der Waals surface area contributed by atoms with Gasteiger partial charge >= 0.3 is 0 Å². The maximum Gasteiger partial charge on any atom is 0.0755 e. The molecular weight excluding hydrogens is 278 g/mol. The van der Waals surface area contributed by atoms with Crippen LogP contribution in [0.2, 0.25) is 0 Å². The molecule has 1 atom stereocenters. The predicted octanol–water partition coefficient (Wildman–Crippen LogP) is 4.13. The number of anilines is 1. The fourth-order valence-electron chi connectivity index (χ4n) is 2.16. The molecule has 3 heteroatoms. The monoisotopic (exact) mass is 297 g/mol. The third kappa shape index (κ3) is 3.46. The van der Waals surface area contributed by atoms with Crippen molar-refractivity contribution in [2.75, 3.05) is 11.9 Å². The average molecular weight is 298 g/mol. The molecule has 0 bridgehead atoms. The second-order valence-electron chi connectivity index (χ2n) is 5.38. The SMILES string of the molecule is Cc1ccc(NCC2CCC(C)(C)O2)cc1Br. The first-order valence-electron chi connectivity index (χ1n) is 6.14. The lowest BCUT2D eigenvalue weighted by atomic mass is 10.1. The average Bonchev–Trinajstić information content (AvgIpc) is 2.60. The number of rotatable bonds is 3. The number of benzene rings is 1. The lowest BCUT2D eigenvalue weighted by Crippen LogP contribution is -2.24. The third-order valence-corrected chi connectivity index (χ3v) is 4.11. The Labute approximate surface area is 112 Å². The minimum Gasteiger partial charge on any atom is -0.382 e. The van der Waals surface area contributed by atoms with Crippen molar-refractivity contribution in [2.45, 2.75) is 45.3 Å². The molecular formula is C14H20BrNO. The van der Waals surface area contributed by atoms with Gasteiger partial charge < -0.3 is 10.1 Å². The van der Waals surface area contributed by atoms with Crippen LogP contribution in [0.4, 0.5) is 5.69 Å². The molecule has 1 unspecified atom stereocenters. The van der Waals surface area contributed by atoms with Crippen molar-refractivity contribution >= 4 is 21.6 Å². The van der Waals surface area contributed by atoms with Crippen molar-refractivity contribution < 1.29 is 4.74 Å². The van der Waals surface area contributed by atoms with Gasteiger partial charge in [-0.2, -0.15) is 0 Å². The van der Waals surface area contributed by atoms with Crippen LogP contribution in [-0.2, 0) is 4.74 Å². The number of nitrogens with one attached hydrogen (secondary N) is 1. The van der Waals surface area contributed by atoms with E-state index in [-0.39, 0.29) is 5.60 Å². The maximum absolute atomic E-state index is 5.95. The van der Waals surface area contributed by atoms with Crippen molar-refractivity contribution in [2.24, 2.45) is 0 Å². The number of ether oxygens (including phenoxy) is 1. The van der Waals surface area contributed by atoms with Gasteiger partial charge in [-0.15, -0.1) is 0 Å². The topological polar surface area (TPSA) is 21.3 Å². The molecule has 0 aliphatic carbocycles. The Kier molecular flexibility index (Phi) is 3.79. The van der Waals surface area contributed by atoms with E-state index in [0.29, 0.717) is 6.10 Å². The van der Waals surface area contributed by atoms with Gasteiger partial charge in [-0.1, -0.05) is 22.0 Å². The Hall–Kier alpha value is -0.540. The highest BCUT2D eigenvalue weighted by molar-refractivity contribution is 9.10. The Balaban J connectivity index is 1.88. The van der Waals surface area contributed by atoms with Crippen LogP contribution in [0.5, 0.6) is 0 Å². The van der Waals surface area contributed by atoms with Crippen LogP contribution in [0, 0.1) is 6.92 Å². The van der Waals surface area contributed by atoms with E-state index in [0.717, 1.165) is 29.5 Å². The van der Waals surface area contributed by atoms with Crippen molar-refractivity contribution in [1.29, 1.82) is 0 Å². The fourth-order valence-corrected chi connectivity index (χ4v) is 2.53. The summed E-state index contributed by atoms with van der Waals surface area (Å²) in [4.78, 5) is 0. The Bertz CT molecular complexity index is 403. The molecule has 0 aromatic heterocycles. The van der Waals surface area contributed by atoms with Crippen LogP contribution in [-0.4, -0.2) is 18.2 Å². The molecule has 1 N–H and O–H groups in total. The van der Waals surface area contributed by atoms with Crippen LogP contribution in [0.3, 0.4) is 0 Å². The van der Waals surface area contributed by atoms with E-state index >= 15 is 0 Å². The molecule has 1 aromatic carbocycles. The van der Waals surface area contributed by atoms with E-state index in [9.17, 15) is 0 Å². The van der Waals surface area contributed by atoms with Gasteiger partial charge in [0, 0.05) is 16.7 Å². The zero-order chi connectivity index (χ0) is 12.5. The quantitative estimate of drug-likeness (QED) is 0.906. The van der Waals surface area contributed by atoms with Gasteiger partial charge in [0.15, 0.2) is 0 Å². The summed E-state index contributed by atoms with van der Waals surface area (Å²) in [6.45, 7) is 7.31. The summed E-state index contributed by atoms with van der Waals surface area (Å²) in [6.07, 6.45) is 2.63. The first-order chi connectivity index (χ1) is 7.96. The van der Waals surface area contributed by atoms with E-state index in [1.807, 2.05) is 0 Å². The molecule has 1 fully saturated rings. The Morgan fingerprint density at radius 3 is 2.82 bits per heavy atom. The maximum atomic E-state index is 5.95. The highest BCUT2D eigenvalue weighted by Crippen LogP contribution is 2.29. The van der Waals surface area contributed by atoms with Gasteiger partial charge in [0.1, 0.15) is 0 Å². The zero-order valence-electron chi connectivity index (χ0n) is 10.7. The van der Waals surface area contributed by atoms with Gasteiger partial charge in [-0.3, -0.25) is 0 Å². The molecule has 2 nitrogen and oxygen atoms in total. The lowest BCUT2D eigenvalue weighted by molar-refractivity contribution is -0.00910. The first-order valence-corrected chi connectivity index (χ1v) is 6.93. The molecule has 17 heavy (non-hydrogen) atoms. The normalized spacial score (nSPS) is 22.7. The Morgan fingerprint density at radius 2 is 2.24 bits per heavy atom. The van der Waals surface area contributed by atoms with E-state index in [1.54, 1.807) is 0 Å². The molecule has 0 spiro atoms. The lowest BCUT2D eigenvalue weighted by Gasteiger charge is -2.20. The number of halogens is 1. The van der Waals surface area contributed by atoms with Gasteiger partial charge in [-0.05, 0) is 51.3 Å². The fraction of sp³-hybridized carbons (Fsp3) is 0.571. The highest BCUT2D eigenvalue weighted by atomic mass is 79.9. The zero-order valence-corrected chi connectivity index (χ0v) is 12.3. The standard InChI is InChI=1S/C14H20BrNO/c1-10-4-5-11(8-13(10)15)16-9-12-6-7-14(2,3)17-12/h4-5,8,12,16H,6-7,9H2,1-3H3. The van der Waals surface area contributed by atoms with Crippen LogP contribution < -0.4 is 5.32 Å². The van der Waals surface area contributed by atoms with Crippen molar-refractivity contribution in [1.82, 2.24) is 0 Å². The first kappa shape index (κ1) is 12.9. The van der Waals surface area contributed by atoms with Crippen molar-refractivity contribution in [3.63, 3.8) is 0 Å². The summed E-state index contributed by atoms with van der Waals surface area (Å²) >= 11 is 3.55. The number of hydrogen-bond donors (Lipinski definition) is 1. The molecule has 1 aromatic rings. The summed E-state index contributed by atoms with van der Waals surface area (Å²) < 4.78 is 7.10. The van der Waals surface area contributed by atoms with E-state index in [4.69, 9.17) is 4.74 Å². The molecule has 2 rings (SSSR count).